The summed E-state index contributed by atoms with van der Waals surface area (Å²) >= 11 is 12.5. The fourth-order valence-corrected chi connectivity index (χ4v) is 2.51. The number of hydrogen-bond acceptors (Lipinski definition) is 3. The minimum absolute atomic E-state index is 0.0561. The van der Waals surface area contributed by atoms with Crippen LogP contribution < -0.4 is 16.2 Å². The van der Waals surface area contributed by atoms with Gasteiger partial charge in [-0.2, -0.15) is 0 Å². The van der Waals surface area contributed by atoms with Gasteiger partial charge < -0.3 is 5.32 Å². The molecule has 4 nitrogen and oxygen atoms in total. The molecule has 0 atom stereocenters. The Labute approximate surface area is 147 Å². The minimum Gasteiger partial charge on any atom is -0.329 e. The number of carbonyl (C=O) groups excluding carboxylic acids is 1. The van der Waals surface area contributed by atoms with Crippen LogP contribution in [0.5, 0.6) is 0 Å². The zero-order valence-corrected chi connectivity index (χ0v) is 14.4. The van der Waals surface area contributed by atoms with E-state index in [9.17, 15) is 9.18 Å². The van der Waals surface area contributed by atoms with Crippen molar-refractivity contribution in [3.05, 3.63) is 58.9 Å². The first-order valence-corrected chi connectivity index (χ1v) is 8.47. The van der Waals surface area contributed by atoms with E-state index >= 15 is 0 Å². The molecule has 0 heterocycles. The number of thioether (sulfide) groups is 1. The molecule has 1 amide bonds. The van der Waals surface area contributed by atoms with Gasteiger partial charge in [0, 0.05) is 4.90 Å². The first-order valence-electron chi connectivity index (χ1n) is 6.46. The van der Waals surface area contributed by atoms with Gasteiger partial charge in [0.25, 0.3) is 5.91 Å². The number of anilines is 1. The molecule has 2 aromatic carbocycles. The molecule has 120 valence electrons. The maximum absolute atomic E-state index is 13.5. The Morgan fingerprint density at radius 1 is 1.22 bits per heavy atom. The number of para-hydroxylation sites is 1. The lowest BCUT2D eigenvalue weighted by Crippen LogP contribution is -2.44. The molecule has 0 bridgehead atoms. The number of benzene rings is 2. The fraction of sp³-hybridized carbons (Fsp3) is 0.0667. The van der Waals surface area contributed by atoms with Crippen LogP contribution in [-0.4, -0.2) is 17.3 Å². The van der Waals surface area contributed by atoms with Gasteiger partial charge in [-0.3, -0.25) is 15.6 Å². The first-order chi connectivity index (χ1) is 11.0. The zero-order chi connectivity index (χ0) is 16.8. The van der Waals surface area contributed by atoms with Crippen LogP contribution >= 0.6 is 35.6 Å². The summed E-state index contributed by atoms with van der Waals surface area (Å²) in [5.74, 6) is -0.887. The van der Waals surface area contributed by atoms with Crippen LogP contribution in [0.4, 0.5) is 10.1 Å². The topological polar surface area (TPSA) is 53.2 Å². The third-order valence-electron chi connectivity index (χ3n) is 2.83. The lowest BCUT2D eigenvalue weighted by atomic mass is 10.2. The highest BCUT2D eigenvalue weighted by Gasteiger charge is 2.11. The normalized spacial score (nSPS) is 10.0. The smallest absolute Gasteiger partial charge is 0.271 e. The summed E-state index contributed by atoms with van der Waals surface area (Å²) in [6.07, 6.45) is 1.90. The van der Waals surface area contributed by atoms with E-state index in [1.807, 2.05) is 12.3 Å². The number of hydrogen-bond donors (Lipinski definition) is 3. The van der Waals surface area contributed by atoms with Gasteiger partial charge in [-0.25, -0.2) is 4.39 Å². The molecule has 3 N–H and O–H groups in total. The highest BCUT2D eigenvalue weighted by Crippen LogP contribution is 2.22. The molecular formula is C15H13ClFN3OS2. The average molecular weight is 370 g/mol. The molecule has 0 saturated heterocycles. The first kappa shape index (κ1) is 17.5. The van der Waals surface area contributed by atoms with E-state index < -0.39 is 11.7 Å². The third kappa shape index (κ3) is 4.82. The molecule has 0 unspecified atom stereocenters. The number of rotatable bonds is 3. The van der Waals surface area contributed by atoms with Crippen molar-refractivity contribution in [2.75, 3.05) is 11.6 Å². The SMILES string of the molecule is CSc1ccc(Cl)c(C(=O)NNC(=S)Nc2ccccc2F)c1. The molecule has 23 heavy (non-hydrogen) atoms. The van der Waals surface area contributed by atoms with Gasteiger partial charge in [-0.1, -0.05) is 23.7 Å². The summed E-state index contributed by atoms with van der Waals surface area (Å²) < 4.78 is 13.5. The van der Waals surface area contributed by atoms with Crippen molar-refractivity contribution in [3.63, 3.8) is 0 Å². The largest absolute Gasteiger partial charge is 0.329 e. The van der Waals surface area contributed by atoms with Crippen LogP contribution in [-0.2, 0) is 0 Å². The van der Waals surface area contributed by atoms with E-state index in [2.05, 4.69) is 16.2 Å². The highest BCUT2D eigenvalue weighted by atomic mass is 35.5. The van der Waals surface area contributed by atoms with Crippen molar-refractivity contribution in [2.24, 2.45) is 0 Å². The van der Waals surface area contributed by atoms with Gasteiger partial charge in [0.1, 0.15) is 5.82 Å². The highest BCUT2D eigenvalue weighted by molar-refractivity contribution is 7.98. The summed E-state index contributed by atoms with van der Waals surface area (Å²) in [6, 6.07) is 11.2. The summed E-state index contributed by atoms with van der Waals surface area (Å²) in [7, 11) is 0. The molecule has 0 aromatic heterocycles. The number of halogens is 2. The van der Waals surface area contributed by atoms with Crippen molar-refractivity contribution >= 4 is 52.3 Å². The van der Waals surface area contributed by atoms with Crippen LogP contribution in [0.2, 0.25) is 5.02 Å². The van der Waals surface area contributed by atoms with Crippen molar-refractivity contribution in [2.45, 2.75) is 4.90 Å². The number of amides is 1. The third-order valence-corrected chi connectivity index (χ3v) is 4.09. The molecule has 0 radical (unpaired) electrons. The van der Waals surface area contributed by atoms with Gasteiger partial charge in [-0.05, 0) is 48.8 Å². The standard InChI is InChI=1S/C15H13ClFN3OS2/c1-23-9-6-7-11(16)10(8-9)14(21)19-20-15(22)18-13-5-3-2-4-12(13)17/h2-8H,1H3,(H,19,21)(H2,18,20,22). The van der Waals surface area contributed by atoms with E-state index in [0.29, 0.717) is 10.6 Å². The molecule has 8 heteroatoms. The fourth-order valence-electron chi connectivity index (χ4n) is 1.70. The van der Waals surface area contributed by atoms with Crippen LogP contribution in [0.1, 0.15) is 10.4 Å². The maximum Gasteiger partial charge on any atom is 0.271 e. The van der Waals surface area contributed by atoms with E-state index in [1.165, 1.54) is 23.9 Å². The predicted molar refractivity (Wildman–Crippen MR) is 96.5 cm³/mol. The second-order valence-electron chi connectivity index (χ2n) is 4.36. The molecule has 0 aliphatic heterocycles. The van der Waals surface area contributed by atoms with Gasteiger partial charge in [0.2, 0.25) is 0 Å². The van der Waals surface area contributed by atoms with Gasteiger partial charge in [0.05, 0.1) is 16.3 Å². The van der Waals surface area contributed by atoms with Gasteiger partial charge in [0.15, 0.2) is 5.11 Å². The molecule has 2 rings (SSSR count). The number of thiocarbonyl (C=S) groups is 1. The Balaban J connectivity index is 1.96. The molecule has 0 fully saturated rings. The van der Waals surface area contributed by atoms with Crippen LogP contribution in [0.3, 0.4) is 0 Å². The van der Waals surface area contributed by atoms with Gasteiger partial charge >= 0.3 is 0 Å². The predicted octanol–water partition coefficient (Wildman–Crippen LogP) is 3.83. The lowest BCUT2D eigenvalue weighted by molar-refractivity contribution is 0.0944. The summed E-state index contributed by atoms with van der Waals surface area (Å²) in [5, 5.41) is 3.03. The molecular weight excluding hydrogens is 357 g/mol. The second kappa shape index (κ2) is 8.14. The number of nitrogens with one attached hydrogen (secondary N) is 3. The van der Waals surface area contributed by atoms with Crippen molar-refractivity contribution in [1.29, 1.82) is 0 Å². The van der Waals surface area contributed by atoms with Crippen molar-refractivity contribution in [1.82, 2.24) is 10.9 Å². The summed E-state index contributed by atoms with van der Waals surface area (Å²) in [5.41, 5.74) is 5.46. The molecule has 0 saturated carbocycles. The molecule has 0 spiro atoms. The minimum atomic E-state index is -0.446. The quantitative estimate of drug-likeness (QED) is 0.436. The van der Waals surface area contributed by atoms with E-state index in [-0.39, 0.29) is 10.8 Å². The molecule has 0 aliphatic carbocycles. The van der Waals surface area contributed by atoms with Crippen LogP contribution in [0.15, 0.2) is 47.4 Å². The Bertz CT molecular complexity index is 742. The van der Waals surface area contributed by atoms with E-state index in [0.717, 1.165) is 4.90 Å². The second-order valence-corrected chi connectivity index (χ2v) is 6.05. The Morgan fingerprint density at radius 2 is 1.96 bits per heavy atom. The Morgan fingerprint density at radius 3 is 2.65 bits per heavy atom. The Kier molecular flexibility index (Phi) is 6.20. The molecule has 2 aromatic rings. The lowest BCUT2D eigenvalue weighted by Gasteiger charge is -2.13. The monoisotopic (exact) mass is 369 g/mol. The van der Waals surface area contributed by atoms with Crippen molar-refractivity contribution < 1.29 is 9.18 Å². The summed E-state index contributed by atoms with van der Waals surface area (Å²) in [6.45, 7) is 0. The van der Waals surface area contributed by atoms with Crippen molar-refractivity contribution in [3.8, 4) is 0 Å². The zero-order valence-electron chi connectivity index (χ0n) is 12.0. The maximum atomic E-state index is 13.5. The van der Waals surface area contributed by atoms with Crippen LogP contribution in [0.25, 0.3) is 0 Å². The Hall–Kier alpha value is -1.83. The molecule has 0 aliphatic rings. The average Bonchev–Trinajstić information content (AvgIpc) is 2.55. The number of hydrazine groups is 1. The van der Waals surface area contributed by atoms with E-state index in [4.69, 9.17) is 23.8 Å². The van der Waals surface area contributed by atoms with Crippen LogP contribution in [0, 0.1) is 5.82 Å². The number of carbonyl (C=O) groups is 1. The summed E-state index contributed by atoms with van der Waals surface area (Å²) in [4.78, 5) is 13.0. The van der Waals surface area contributed by atoms with E-state index in [1.54, 1.807) is 24.3 Å². The van der Waals surface area contributed by atoms with Gasteiger partial charge in [-0.15, -0.1) is 11.8 Å².